The summed E-state index contributed by atoms with van der Waals surface area (Å²) >= 11 is 0. The first-order valence-electron chi connectivity index (χ1n) is 7.38. The molecular formula is C15H20N2O4S. The number of imide groups is 1. The summed E-state index contributed by atoms with van der Waals surface area (Å²) in [6.45, 7) is 2.06. The van der Waals surface area contributed by atoms with Crippen LogP contribution < -0.4 is 10.6 Å². The van der Waals surface area contributed by atoms with Crippen LogP contribution in [0.5, 0.6) is 0 Å². The predicted molar refractivity (Wildman–Crippen MR) is 82.1 cm³/mol. The lowest BCUT2D eigenvalue weighted by molar-refractivity contribution is -0.120. The number of unbranched alkanes of at least 4 members (excludes halogenated alkanes) is 3. The molecule has 2 N–H and O–H groups in total. The maximum atomic E-state index is 12.5. The van der Waals surface area contributed by atoms with Crippen molar-refractivity contribution >= 4 is 21.8 Å². The van der Waals surface area contributed by atoms with Gasteiger partial charge in [-0.25, -0.2) is 13.2 Å². The first-order valence-corrected chi connectivity index (χ1v) is 9.04. The average molecular weight is 324 g/mol. The van der Waals surface area contributed by atoms with Crippen LogP contribution in [0.3, 0.4) is 0 Å². The highest BCUT2D eigenvalue weighted by Gasteiger charge is 2.34. The fourth-order valence-corrected chi connectivity index (χ4v) is 4.10. The van der Waals surface area contributed by atoms with Crippen molar-refractivity contribution in [2.75, 3.05) is 5.75 Å². The van der Waals surface area contributed by atoms with Gasteiger partial charge in [0.05, 0.1) is 10.6 Å². The zero-order valence-corrected chi connectivity index (χ0v) is 13.3. The van der Waals surface area contributed by atoms with E-state index in [9.17, 15) is 18.0 Å². The van der Waals surface area contributed by atoms with Gasteiger partial charge in [0.25, 0.3) is 5.91 Å². The van der Waals surface area contributed by atoms with Gasteiger partial charge in [-0.2, -0.15) is 0 Å². The van der Waals surface area contributed by atoms with Gasteiger partial charge in [0.1, 0.15) is 6.04 Å². The molecule has 6 nitrogen and oxygen atoms in total. The zero-order chi connectivity index (χ0) is 16.2. The van der Waals surface area contributed by atoms with Gasteiger partial charge < -0.3 is 5.32 Å². The molecule has 1 aromatic carbocycles. The largest absolute Gasteiger partial charge is 0.322 e. The minimum absolute atomic E-state index is 0.0479. The van der Waals surface area contributed by atoms with Crippen molar-refractivity contribution in [2.24, 2.45) is 0 Å². The molecule has 0 bridgehead atoms. The summed E-state index contributed by atoms with van der Waals surface area (Å²) in [7, 11) is -3.48. The third-order valence-corrected chi connectivity index (χ3v) is 5.47. The lowest BCUT2D eigenvalue weighted by Gasteiger charge is -2.14. The number of benzene rings is 1. The molecule has 3 amide bonds. The van der Waals surface area contributed by atoms with E-state index in [1.54, 1.807) is 18.2 Å². The minimum Gasteiger partial charge on any atom is -0.322 e. The quantitative estimate of drug-likeness (QED) is 0.592. The van der Waals surface area contributed by atoms with Gasteiger partial charge in [0.15, 0.2) is 9.84 Å². The smallest absolute Gasteiger partial charge is 0.322 e. The maximum Gasteiger partial charge on any atom is 0.322 e. The number of hydrogen-bond acceptors (Lipinski definition) is 4. The Bertz CT molecular complexity index is 670. The van der Waals surface area contributed by atoms with Crippen LogP contribution in [-0.4, -0.2) is 26.1 Å². The molecule has 1 unspecified atom stereocenters. The summed E-state index contributed by atoms with van der Waals surface area (Å²) in [5.74, 6) is -0.481. The van der Waals surface area contributed by atoms with Gasteiger partial charge in [0, 0.05) is 5.56 Å². The van der Waals surface area contributed by atoms with Gasteiger partial charge in [-0.3, -0.25) is 10.1 Å². The Kier molecular flexibility index (Phi) is 5.18. The number of sulfone groups is 1. The van der Waals surface area contributed by atoms with E-state index in [2.05, 4.69) is 17.6 Å². The summed E-state index contributed by atoms with van der Waals surface area (Å²) in [5.41, 5.74) is 0.321. The van der Waals surface area contributed by atoms with Crippen LogP contribution in [0.2, 0.25) is 0 Å². The average Bonchev–Trinajstić information content (AvgIpc) is 2.82. The number of amides is 3. The third kappa shape index (κ3) is 3.65. The molecule has 1 saturated heterocycles. The van der Waals surface area contributed by atoms with Crippen molar-refractivity contribution in [1.29, 1.82) is 0 Å². The molecule has 1 aromatic rings. The van der Waals surface area contributed by atoms with Gasteiger partial charge in [-0.15, -0.1) is 0 Å². The van der Waals surface area contributed by atoms with Gasteiger partial charge in [-0.1, -0.05) is 44.4 Å². The van der Waals surface area contributed by atoms with Crippen LogP contribution >= 0.6 is 0 Å². The molecule has 1 fully saturated rings. The van der Waals surface area contributed by atoms with E-state index in [4.69, 9.17) is 0 Å². The number of carbonyl (C=O) groups excluding carboxylic acids is 2. The standard InChI is InChI=1S/C15H20N2O4S/c1-2-3-4-7-10-22(20,21)12-9-6-5-8-11(12)13-14(18)17-15(19)16-13/h5-6,8-9,13H,2-4,7,10H2,1H3,(H2,16,17,18,19). The molecule has 0 aliphatic carbocycles. The lowest BCUT2D eigenvalue weighted by Crippen LogP contribution is -2.23. The Balaban J connectivity index is 2.24. The fraction of sp³-hybridized carbons (Fsp3) is 0.467. The topological polar surface area (TPSA) is 92.3 Å². The third-order valence-electron chi connectivity index (χ3n) is 3.61. The second-order valence-corrected chi connectivity index (χ2v) is 7.39. The summed E-state index contributed by atoms with van der Waals surface area (Å²) in [6, 6.07) is 4.77. The summed E-state index contributed by atoms with van der Waals surface area (Å²) in [5, 5.41) is 4.56. The van der Waals surface area contributed by atoms with Crippen molar-refractivity contribution in [3.63, 3.8) is 0 Å². The van der Waals surface area contributed by atoms with Crippen LogP contribution in [0.15, 0.2) is 29.2 Å². The highest BCUT2D eigenvalue weighted by atomic mass is 32.2. The Morgan fingerprint density at radius 1 is 1.09 bits per heavy atom. The predicted octanol–water partition coefficient (Wildman–Crippen LogP) is 1.92. The van der Waals surface area contributed by atoms with E-state index in [0.717, 1.165) is 19.3 Å². The molecule has 0 saturated carbocycles. The van der Waals surface area contributed by atoms with Crippen LogP contribution in [0.4, 0.5) is 4.79 Å². The zero-order valence-electron chi connectivity index (χ0n) is 12.5. The second-order valence-electron chi connectivity index (χ2n) is 5.31. The first kappa shape index (κ1) is 16.5. The Morgan fingerprint density at radius 2 is 1.82 bits per heavy atom. The second kappa shape index (κ2) is 6.91. The van der Waals surface area contributed by atoms with Gasteiger partial charge in [0.2, 0.25) is 0 Å². The van der Waals surface area contributed by atoms with Crippen molar-refractivity contribution in [1.82, 2.24) is 10.6 Å². The monoisotopic (exact) mass is 324 g/mol. The van der Waals surface area contributed by atoms with Gasteiger partial charge in [-0.05, 0) is 12.5 Å². The summed E-state index contributed by atoms with van der Waals surface area (Å²) < 4.78 is 25.0. The minimum atomic E-state index is -3.48. The Morgan fingerprint density at radius 3 is 2.45 bits per heavy atom. The van der Waals surface area contributed by atoms with Crippen molar-refractivity contribution < 1.29 is 18.0 Å². The number of rotatable bonds is 7. The SMILES string of the molecule is CCCCCCS(=O)(=O)c1ccccc1C1NC(=O)NC1=O. The first-order chi connectivity index (χ1) is 10.5. The number of carbonyl (C=O) groups is 2. The molecule has 22 heavy (non-hydrogen) atoms. The molecule has 1 atom stereocenters. The highest BCUT2D eigenvalue weighted by Crippen LogP contribution is 2.26. The van der Waals surface area contributed by atoms with Crippen LogP contribution in [0, 0.1) is 0 Å². The number of hydrogen-bond donors (Lipinski definition) is 2. The molecule has 0 aromatic heterocycles. The molecule has 1 aliphatic rings. The van der Waals surface area contributed by atoms with E-state index in [1.165, 1.54) is 6.07 Å². The normalized spacial score (nSPS) is 18.1. The Labute approximate surface area is 130 Å². The van der Waals surface area contributed by atoms with E-state index >= 15 is 0 Å². The molecule has 0 spiro atoms. The highest BCUT2D eigenvalue weighted by molar-refractivity contribution is 7.91. The fourth-order valence-electron chi connectivity index (χ4n) is 2.47. The lowest BCUT2D eigenvalue weighted by atomic mass is 10.1. The van der Waals surface area contributed by atoms with Crippen LogP contribution in [0.25, 0.3) is 0 Å². The number of nitrogens with one attached hydrogen (secondary N) is 2. The van der Waals surface area contributed by atoms with Crippen molar-refractivity contribution in [2.45, 2.75) is 43.5 Å². The summed E-state index contributed by atoms with van der Waals surface area (Å²) in [4.78, 5) is 23.1. The number of urea groups is 1. The van der Waals surface area contributed by atoms with E-state index in [0.29, 0.717) is 12.0 Å². The van der Waals surface area contributed by atoms with Crippen molar-refractivity contribution in [3.8, 4) is 0 Å². The van der Waals surface area contributed by atoms with E-state index < -0.39 is 27.8 Å². The molecule has 2 rings (SSSR count). The van der Waals surface area contributed by atoms with Crippen molar-refractivity contribution in [3.05, 3.63) is 29.8 Å². The maximum absolute atomic E-state index is 12.5. The molecule has 120 valence electrons. The molecule has 0 radical (unpaired) electrons. The van der Waals surface area contributed by atoms with Crippen LogP contribution in [-0.2, 0) is 14.6 Å². The molecule has 1 aliphatic heterocycles. The Hall–Kier alpha value is -1.89. The molecular weight excluding hydrogens is 304 g/mol. The molecule has 7 heteroatoms. The van der Waals surface area contributed by atoms with E-state index in [1.807, 2.05) is 0 Å². The summed E-state index contributed by atoms with van der Waals surface area (Å²) in [6.07, 6.45) is 3.48. The van der Waals surface area contributed by atoms with Gasteiger partial charge >= 0.3 is 6.03 Å². The molecule has 1 heterocycles. The van der Waals surface area contributed by atoms with E-state index in [-0.39, 0.29) is 10.6 Å². The van der Waals surface area contributed by atoms with Crippen LogP contribution in [0.1, 0.15) is 44.2 Å².